The van der Waals surface area contributed by atoms with Crippen molar-refractivity contribution in [1.82, 2.24) is 15.5 Å². The van der Waals surface area contributed by atoms with E-state index in [9.17, 15) is 9.59 Å². The molecule has 1 unspecified atom stereocenters. The van der Waals surface area contributed by atoms with Crippen LogP contribution in [0.1, 0.15) is 39.0 Å². The molecule has 19 heavy (non-hydrogen) atoms. The van der Waals surface area contributed by atoms with Crippen LogP contribution >= 0.6 is 0 Å². The highest BCUT2D eigenvalue weighted by atomic mass is 16.2. The molecule has 0 spiro atoms. The number of hydrogen-bond donors (Lipinski definition) is 2. The number of rotatable bonds is 3. The molecule has 0 aliphatic carbocycles. The van der Waals surface area contributed by atoms with Gasteiger partial charge in [0.05, 0.1) is 0 Å². The van der Waals surface area contributed by atoms with E-state index in [0.717, 1.165) is 45.3 Å². The first-order chi connectivity index (χ1) is 9.15. The van der Waals surface area contributed by atoms with Gasteiger partial charge in [0.1, 0.15) is 0 Å². The molecular weight excluding hydrogens is 242 g/mol. The molecule has 0 aromatic carbocycles. The summed E-state index contributed by atoms with van der Waals surface area (Å²) >= 11 is 0. The van der Waals surface area contributed by atoms with Crippen molar-refractivity contribution in [3.63, 3.8) is 0 Å². The maximum atomic E-state index is 12.3. The molecule has 0 aromatic heterocycles. The number of amides is 2. The fraction of sp³-hybridized carbons (Fsp3) is 0.857. The number of piperidine rings is 2. The molecule has 0 bridgehead atoms. The van der Waals surface area contributed by atoms with Gasteiger partial charge in [0.15, 0.2) is 0 Å². The lowest BCUT2D eigenvalue weighted by Gasteiger charge is -2.34. The van der Waals surface area contributed by atoms with Gasteiger partial charge in [-0.1, -0.05) is 0 Å². The maximum absolute atomic E-state index is 12.3. The van der Waals surface area contributed by atoms with E-state index in [-0.39, 0.29) is 17.9 Å². The lowest BCUT2D eigenvalue weighted by molar-refractivity contribution is -0.134. The Kier molecular flexibility index (Phi) is 5.19. The van der Waals surface area contributed by atoms with Gasteiger partial charge in [0, 0.05) is 32.5 Å². The molecule has 2 fully saturated rings. The molecule has 5 nitrogen and oxygen atoms in total. The number of nitrogens with zero attached hydrogens (tertiary/aromatic N) is 1. The second-order valence-corrected chi connectivity index (χ2v) is 5.78. The summed E-state index contributed by atoms with van der Waals surface area (Å²) in [6.45, 7) is 5.14. The molecule has 2 N–H and O–H groups in total. The standard InChI is InChI=1S/C14H25N3O2/c1-11(18)16-13-3-2-8-17(10-13)14(19)9-12-4-6-15-7-5-12/h12-13,15H,2-10H2,1H3,(H,16,18). The maximum Gasteiger partial charge on any atom is 0.222 e. The van der Waals surface area contributed by atoms with E-state index in [2.05, 4.69) is 10.6 Å². The number of carbonyl (C=O) groups is 2. The van der Waals surface area contributed by atoms with Crippen molar-refractivity contribution < 1.29 is 9.59 Å². The Morgan fingerprint density at radius 3 is 2.68 bits per heavy atom. The van der Waals surface area contributed by atoms with Crippen LogP contribution in [0.3, 0.4) is 0 Å². The Balaban J connectivity index is 1.79. The largest absolute Gasteiger partial charge is 0.352 e. The highest BCUT2D eigenvalue weighted by Crippen LogP contribution is 2.19. The minimum absolute atomic E-state index is 0.00217. The summed E-state index contributed by atoms with van der Waals surface area (Å²) in [7, 11) is 0. The monoisotopic (exact) mass is 267 g/mol. The first-order valence-electron chi connectivity index (χ1n) is 7.40. The van der Waals surface area contributed by atoms with Crippen LogP contribution in [0, 0.1) is 5.92 Å². The van der Waals surface area contributed by atoms with E-state index >= 15 is 0 Å². The van der Waals surface area contributed by atoms with E-state index < -0.39 is 0 Å². The zero-order valence-electron chi connectivity index (χ0n) is 11.8. The molecule has 2 aliphatic rings. The quantitative estimate of drug-likeness (QED) is 0.783. The van der Waals surface area contributed by atoms with Crippen LogP contribution in [-0.2, 0) is 9.59 Å². The molecule has 2 amide bonds. The third kappa shape index (κ3) is 4.49. The fourth-order valence-corrected chi connectivity index (χ4v) is 3.07. The molecule has 2 rings (SSSR count). The van der Waals surface area contributed by atoms with E-state index in [4.69, 9.17) is 0 Å². The SMILES string of the molecule is CC(=O)NC1CCCN(C(=O)CC2CCNCC2)C1. The molecule has 5 heteroatoms. The number of nitrogens with one attached hydrogen (secondary N) is 2. The summed E-state index contributed by atoms with van der Waals surface area (Å²) in [5, 5.41) is 6.25. The van der Waals surface area contributed by atoms with Gasteiger partial charge >= 0.3 is 0 Å². The lowest BCUT2D eigenvalue weighted by atomic mass is 9.93. The second kappa shape index (κ2) is 6.89. The second-order valence-electron chi connectivity index (χ2n) is 5.78. The topological polar surface area (TPSA) is 61.4 Å². The smallest absolute Gasteiger partial charge is 0.222 e. The van der Waals surface area contributed by atoms with Crippen LogP contribution in [0.2, 0.25) is 0 Å². The zero-order chi connectivity index (χ0) is 13.7. The minimum atomic E-state index is -0.00217. The number of hydrogen-bond acceptors (Lipinski definition) is 3. The van der Waals surface area contributed by atoms with E-state index in [1.54, 1.807) is 0 Å². The van der Waals surface area contributed by atoms with Crippen LogP contribution < -0.4 is 10.6 Å². The van der Waals surface area contributed by atoms with Gasteiger partial charge in [-0.05, 0) is 44.7 Å². The van der Waals surface area contributed by atoms with Gasteiger partial charge < -0.3 is 15.5 Å². The van der Waals surface area contributed by atoms with Gasteiger partial charge in [-0.25, -0.2) is 0 Å². The third-order valence-corrected chi connectivity index (χ3v) is 4.10. The highest BCUT2D eigenvalue weighted by molar-refractivity contribution is 5.77. The van der Waals surface area contributed by atoms with Gasteiger partial charge in [0.2, 0.25) is 11.8 Å². The predicted molar refractivity (Wildman–Crippen MR) is 73.6 cm³/mol. The Bertz CT molecular complexity index is 327. The van der Waals surface area contributed by atoms with Crippen molar-refractivity contribution in [1.29, 1.82) is 0 Å². The fourth-order valence-electron chi connectivity index (χ4n) is 3.07. The van der Waals surface area contributed by atoms with Crippen molar-refractivity contribution in [2.45, 2.75) is 45.1 Å². The van der Waals surface area contributed by atoms with Crippen LogP contribution in [0.25, 0.3) is 0 Å². The molecule has 108 valence electrons. The Labute approximate surface area is 115 Å². The first-order valence-corrected chi connectivity index (χ1v) is 7.40. The van der Waals surface area contributed by atoms with E-state index in [1.807, 2.05) is 4.90 Å². The van der Waals surface area contributed by atoms with Gasteiger partial charge in [-0.2, -0.15) is 0 Å². The van der Waals surface area contributed by atoms with Gasteiger partial charge in [-0.15, -0.1) is 0 Å². The zero-order valence-corrected chi connectivity index (χ0v) is 11.8. The predicted octanol–water partition coefficient (Wildman–Crippen LogP) is 0.503. The molecule has 2 saturated heterocycles. The minimum Gasteiger partial charge on any atom is -0.352 e. The molecule has 2 heterocycles. The van der Waals surface area contributed by atoms with Crippen molar-refractivity contribution in [2.75, 3.05) is 26.2 Å². The molecule has 0 saturated carbocycles. The van der Waals surface area contributed by atoms with Crippen LogP contribution in [0.15, 0.2) is 0 Å². The first kappa shape index (κ1) is 14.3. The van der Waals surface area contributed by atoms with Crippen LogP contribution in [0.5, 0.6) is 0 Å². The summed E-state index contributed by atoms with van der Waals surface area (Å²) < 4.78 is 0. The normalized spacial score (nSPS) is 25.1. The van der Waals surface area contributed by atoms with Crippen molar-refractivity contribution >= 4 is 11.8 Å². The van der Waals surface area contributed by atoms with Crippen LogP contribution in [-0.4, -0.2) is 48.9 Å². The Morgan fingerprint density at radius 2 is 2.00 bits per heavy atom. The number of carbonyl (C=O) groups excluding carboxylic acids is 2. The highest BCUT2D eigenvalue weighted by Gasteiger charge is 2.26. The van der Waals surface area contributed by atoms with Gasteiger partial charge in [-0.3, -0.25) is 9.59 Å². The van der Waals surface area contributed by atoms with Crippen molar-refractivity contribution in [3.8, 4) is 0 Å². The average molecular weight is 267 g/mol. The van der Waals surface area contributed by atoms with Crippen molar-refractivity contribution in [2.24, 2.45) is 5.92 Å². The number of likely N-dealkylation sites (tertiary alicyclic amines) is 1. The lowest BCUT2D eigenvalue weighted by Crippen LogP contribution is -2.49. The molecule has 1 atom stereocenters. The average Bonchev–Trinajstić information content (AvgIpc) is 2.39. The summed E-state index contributed by atoms with van der Waals surface area (Å²) in [5.74, 6) is 0.800. The van der Waals surface area contributed by atoms with E-state index in [0.29, 0.717) is 18.9 Å². The van der Waals surface area contributed by atoms with E-state index in [1.165, 1.54) is 6.92 Å². The molecular formula is C14H25N3O2. The van der Waals surface area contributed by atoms with Crippen molar-refractivity contribution in [3.05, 3.63) is 0 Å². The van der Waals surface area contributed by atoms with Gasteiger partial charge in [0.25, 0.3) is 0 Å². The summed E-state index contributed by atoms with van der Waals surface area (Å²) in [5.41, 5.74) is 0. The van der Waals surface area contributed by atoms with Crippen LogP contribution in [0.4, 0.5) is 0 Å². The molecule has 0 radical (unpaired) electrons. The Hall–Kier alpha value is -1.10. The summed E-state index contributed by atoms with van der Waals surface area (Å²) in [4.78, 5) is 25.3. The summed E-state index contributed by atoms with van der Waals surface area (Å²) in [6.07, 6.45) is 4.86. The Morgan fingerprint density at radius 1 is 1.26 bits per heavy atom. The molecule has 0 aromatic rings. The summed E-state index contributed by atoms with van der Waals surface area (Å²) in [6, 6.07) is 0.142. The third-order valence-electron chi connectivity index (χ3n) is 4.10. The molecule has 2 aliphatic heterocycles.